The van der Waals surface area contributed by atoms with Crippen LogP contribution in [0.3, 0.4) is 0 Å². The predicted molar refractivity (Wildman–Crippen MR) is 154 cm³/mol. The summed E-state index contributed by atoms with van der Waals surface area (Å²) >= 11 is 0. The second-order valence-corrected chi connectivity index (χ2v) is 10.2. The molecule has 0 aliphatic carbocycles. The molecule has 0 heterocycles. The zero-order valence-electron chi connectivity index (χ0n) is 23.7. The first kappa shape index (κ1) is 32.2. The van der Waals surface area contributed by atoms with Gasteiger partial charge < -0.3 is 9.47 Å². The first-order valence-corrected chi connectivity index (χ1v) is 15.2. The second kappa shape index (κ2) is 24.8. The Kier molecular flexibility index (Phi) is 22.2. The van der Waals surface area contributed by atoms with Crippen LogP contribution in [0.4, 0.5) is 0 Å². The highest BCUT2D eigenvalue weighted by Crippen LogP contribution is 2.29. The molecule has 0 radical (unpaired) electrons. The molecule has 0 aliphatic rings. The normalized spacial score (nSPS) is 10.8. The van der Waals surface area contributed by atoms with Crippen LogP contribution in [-0.2, 0) is 6.54 Å². The third-order valence-corrected chi connectivity index (χ3v) is 6.84. The summed E-state index contributed by atoms with van der Waals surface area (Å²) in [5.74, 6) is 1.59. The average Bonchev–Trinajstić information content (AvgIpc) is 2.90. The lowest BCUT2D eigenvalue weighted by Crippen LogP contribution is -2.03. The Balaban J connectivity index is 2.25. The number of unbranched alkanes of at least 4 members (excludes halogenated alkanes) is 18. The summed E-state index contributed by atoms with van der Waals surface area (Å²) in [5.41, 5.74) is 9.59. The fourth-order valence-electron chi connectivity index (χ4n) is 4.54. The Labute approximate surface area is 222 Å². The van der Waals surface area contributed by atoms with E-state index in [9.17, 15) is 0 Å². The Morgan fingerprint density at radius 1 is 0.583 bits per heavy atom. The van der Waals surface area contributed by atoms with E-state index in [1.165, 1.54) is 116 Å². The average molecular weight is 502 g/mol. The highest BCUT2D eigenvalue weighted by molar-refractivity contribution is 5.43. The highest BCUT2D eigenvalue weighted by Gasteiger charge is 2.07. The molecule has 0 aromatic heterocycles. The van der Waals surface area contributed by atoms with E-state index >= 15 is 0 Å². The zero-order chi connectivity index (χ0) is 25.9. The summed E-state index contributed by atoms with van der Waals surface area (Å²) in [6, 6.07) is 5.90. The molecule has 0 aliphatic heterocycles. The van der Waals surface area contributed by atoms with Gasteiger partial charge in [-0.3, -0.25) is 0 Å². The molecule has 0 amide bonds. The van der Waals surface area contributed by atoms with E-state index in [0.717, 1.165) is 36.5 Å². The van der Waals surface area contributed by atoms with Crippen LogP contribution in [0.25, 0.3) is 10.4 Å². The largest absolute Gasteiger partial charge is 0.490 e. The number of benzene rings is 1. The molecule has 0 N–H and O–H groups in total. The maximum absolute atomic E-state index is 8.64. The van der Waals surface area contributed by atoms with Gasteiger partial charge in [0.05, 0.1) is 19.8 Å². The van der Waals surface area contributed by atoms with Gasteiger partial charge >= 0.3 is 0 Å². The van der Waals surface area contributed by atoms with Gasteiger partial charge in [0, 0.05) is 4.91 Å². The summed E-state index contributed by atoms with van der Waals surface area (Å²) in [5, 5.41) is 3.69. The number of nitrogens with zero attached hydrogens (tertiary/aromatic N) is 3. The maximum atomic E-state index is 8.64. The Morgan fingerprint density at radius 2 is 1.00 bits per heavy atom. The molecule has 0 saturated carbocycles. The van der Waals surface area contributed by atoms with Gasteiger partial charge in [-0.1, -0.05) is 141 Å². The van der Waals surface area contributed by atoms with Gasteiger partial charge in [0.15, 0.2) is 11.5 Å². The molecule has 0 bridgehead atoms. The van der Waals surface area contributed by atoms with Crippen molar-refractivity contribution in [1.82, 2.24) is 0 Å². The molecule has 0 atom stereocenters. The summed E-state index contributed by atoms with van der Waals surface area (Å²) in [6.45, 7) is 6.31. The monoisotopic (exact) mass is 501 g/mol. The molecule has 206 valence electrons. The van der Waals surface area contributed by atoms with Crippen molar-refractivity contribution in [3.05, 3.63) is 34.2 Å². The summed E-state index contributed by atoms with van der Waals surface area (Å²) in [7, 11) is 0. The van der Waals surface area contributed by atoms with E-state index in [2.05, 4.69) is 23.9 Å². The lowest BCUT2D eigenvalue weighted by Gasteiger charge is -2.14. The molecule has 1 rings (SSSR count). The Morgan fingerprint density at radius 3 is 1.44 bits per heavy atom. The predicted octanol–water partition coefficient (Wildman–Crippen LogP) is 11.1. The first-order valence-electron chi connectivity index (χ1n) is 15.2. The third-order valence-electron chi connectivity index (χ3n) is 6.84. The van der Waals surface area contributed by atoms with Crippen molar-refractivity contribution >= 4 is 0 Å². The Hall–Kier alpha value is -1.87. The van der Waals surface area contributed by atoms with Gasteiger partial charge in [0.2, 0.25) is 0 Å². The molecular weight excluding hydrogens is 446 g/mol. The van der Waals surface area contributed by atoms with Gasteiger partial charge in [-0.2, -0.15) is 0 Å². The smallest absolute Gasteiger partial charge is 0.161 e. The third kappa shape index (κ3) is 18.4. The molecular formula is C31H55N3O2. The van der Waals surface area contributed by atoms with Crippen LogP contribution >= 0.6 is 0 Å². The van der Waals surface area contributed by atoms with Gasteiger partial charge in [-0.25, -0.2) is 0 Å². The van der Waals surface area contributed by atoms with E-state index in [1.54, 1.807) is 0 Å². The summed E-state index contributed by atoms with van der Waals surface area (Å²) in [4.78, 5) is 2.88. The standard InChI is InChI=1S/C31H55N3O2/c1-3-5-7-9-11-13-15-17-19-21-25-35-30-24-23-29(28-33-34-32)27-31(30)36-26-22-20-18-16-14-12-10-8-6-4-2/h23-24,27H,3-22,25-26,28H2,1-2H3. The number of hydrogen-bond acceptors (Lipinski definition) is 3. The van der Waals surface area contributed by atoms with Crippen molar-refractivity contribution in [3.8, 4) is 11.5 Å². The van der Waals surface area contributed by atoms with E-state index in [4.69, 9.17) is 15.0 Å². The molecule has 0 spiro atoms. The summed E-state index contributed by atoms with van der Waals surface area (Å²) < 4.78 is 12.2. The van der Waals surface area contributed by atoms with E-state index in [0.29, 0.717) is 13.2 Å². The zero-order valence-corrected chi connectivity index (χ0v) is 23.7. The van der Waals surface area contributed by atoms with Gasteiger partial charge in [-0.15, -0.1) is 0 Å². The SMILES string of the molecule is CCCCCCCCCCCCOc1ccc(CN=[N+]=[N-])cc1OCCCCCCCCCCCC. The fourth-order valence-corrected chi connectivity index (χ4v) is 4.54. The first-order chi connectivity index (χ1) is 17.8. The molecule has 1 aromatic carbocycles. The minimum Gasteiger partial charge on any atom is -0.490 e. The van der Waals surface area contributed by atoms with E-state index < -0.39 is 0 Å². The van der Waals surface area contributed by atoms with E-state index in [-0.39, 0.29) is 0 Å². The fraction of sp³-hybridized carbons (Fsp3) is 0.806. The van der Waals surface area contributed by atoms with Crippen molar-refractivity contribution in [2.24, 2.45) is 5.11 Å². The quantitative estimate of drug-likeness (QED) is 0.0548. The van der Waals surface area contributed by atoms with Crippen molar-refractivity contribution < 1.29 is 9.47 Å². The highest BCUT2D eigenvalue weighted by atomic mass is 16.5. The van der Waals surface area contributed by atoms with Crippen LogP contribution < -0.4 is 9.47 Å². The van der Waals surface area contributed by atoms with Gasteiger partial charge in [0.25, 0.3) is 0 Å². The minimum absolute atomic E-state index is 0.337. The van der Waals surface area contributed by atoms with Crippen LogP contribution in [0, 0.1) is 0 Å². The lowest BCUT2D eigenvalue weighted by atomic mass is 10.1. The molecule has 0 fully saturated rings. The molecule has 36 heavy (non-hydrogen) atoms. The van der Waals surface area contributed by atoms with Crippen LogP contribution in [0.2, 0.25) is 0 Å². The molecule has 5 heteroatoms. The second-order valence-electron chi connectivity index (χ2n) is 10.2. The van der Waals surface area contributed by atoms with Crippen molar-refractivity contribution in [1.29, 1.82) is 0 Å². The number of hydrogen-bond donors (Lipinski definition) is 0. The Bertz CT molecular complexity index is 674. The van der Waals surface area contributed by atoms with Crippen molar-refractivity contribution in [2.75, 3.05) is 13.2 Å². The van der Waals surface area contributed by atoms with Crippen LogP contribution in [-0.4, -0.2) is 13.2 Å². The number of rotatable bonds is 26. The maximum Gasteiger partial charge on any atom is 0.161 e. The number of azide groups is 1. The molecule has 0 unspecified atom stereocenters. The van der Waals surface area contributed by atoms with Crippen LogP contribution in [0.15, 0.2) is 23.3 Å². The van der Waals surface area contributed by atoms with Crippen LogP contribution in [0.1, 0.15) is 148 Å². The van der Waals surface area contributed by atoms with Crippen molar-refractivity contribution in [3.63, 3.8) is 0 Å². The topological polar surface area (TPSA) is 67.2 Å². The molecule has 1 aromatic rings. The van der Waals surface area contributed by atoms with Crippen molar-refractivity contribution in [2.45, 2.75) is 149 Å². The van der Waals surface area contributed by atoms with Gasteiger partial charge in [-0.05, 0) is 36.1 Å². The van der Waals surface area contributed by atoms with Gasteiger partial charge in [0.1, 0.15) is 0 Å². The number of ether oxygens (including phenoxy) is 2. The van der Waals surface area contributed by atoms with E-state index in [1.807, 2.05) is 18.2 Å². The minimum atomic E-state index is 0.337. The lowest BCUT2D eigenvalue weighted by molar-refractivity contribution is 0.258. The van der Waals surface area contributed by atoms with Crippen LogP contribution in [0.5, 0.6) is 11.5 Å². The summed E-state index contributed by atoms with van der Waals surface area (Å²) in [6.07, 6.45) is 26.3. The molecule has 0 saturated heterocycles. The molecule has 5 nitrogen and oxygen atoms in total.